The molecule has 24 heavy (non-hydrogen) atoms. The highest BCUT2D eigenvalue weighted by molar-refractivity contribution is 5.99. The molecule has 3 nitrogen and oxygen atoms in total. The number of aldehydes is 1. The number of fused-ring (bicyclic) bond motifs is 1. The molecule has 0 atom stereocenters. The van der Waals surface area contributed by atoms with Gasteiger partial charge in [0, 0.05) is 17.1 Å². The normalized spacial score (nSPS) is 16.1. The van der Waals surface area contributed by atoms with Crippen molar-refractivity contribution >= 4 is 17.2 Å². The van der Waals surface area contributed by atoms with Crippen molar-refractivity contribution in [1.29, 1.82) is 0 Å². The summed E-state index contributed by atoms with van der Waals surface area (Å²) < 4.78 is 29.2. The summed E-state index contributed by atoms with van der Waals surface area (Å²) in [6.07, 6.45) is 4.28. The molecule has 0 unspecified atom stereocenters. The van der Waals surface area contributed by atoms with E-state index in [-0.39, 0.29) is 22.0 Å². The van der Waals surface area contributed by atoms with E-state index in [0.29, 0.717) is 24.7 Å². The van der Waals surface area contributed by atoms with Gasteiger partial charge >= 0.3 is 0 Å². The molecule has 0 spiro atoms. The van der Waals surface area contributed by atoms with E-state index in [9.17, 15) is 18.7 Å². The Balaban J connectivity index is 1.85. The molecular formula is C19H15F2NO2. The highest BCUT2D eigenvalue weighted by atomic mass is 19.1. The molecule has 4 rings (SSSR count). The molecule has 1 saturated carbocycles. The van der Waals surface area contributed by atoms with E-state index in [0.717, 1.165) is 12.0 Å². The van der Waals surface area contributed by atoms with Crippen molar-refractivity contribution in [2.24, 2.45) is 0 Å². The average Bonchev–Trinajstić information content (AvgIpc) is 2.96. The number of halogens is 2. The van der Waals surface area contributed by atoms with Crippen molar-refractivity contribution < 1.29 is 18.7 Å². The molecule has 1 fully saturated rings. The lowest BCUT2D eigenvalue weighted by Gasteiger charge is -2.37. The zero-order valence-corrected chi connectivity index (χ0v) is 12.8. The van der Waals surface area contributed by atoms with Crippen molar-refractivity contribution in [3.8, 4) is 11.1 Å². The molecule has 122 valence electrons. The first-order valence-corrected chi connectivity index (χ1v) is 7.81. The van der Waals surface area contributed by atoms with Crippen LogP contribution in [0.1, 0.15) is 35.2 Å². The van der Waals surface area contributed by atoms with Crippen LogP contribution in [0.4, 0.5) is 8.78 Å². The molecule has 1 aromatic heterocycles. The highest BCUT2D eigenvalue weighted by Gasteiger charge is 2.36. The van der Waals surface area contributed by atoms with Crippen LogP contribution >= 0.6 is 0 Å². The number of nitrogens with one attached hydrogen (secondary N) is 1. The molecule has 0 bridgehead atoms. The number of carbonyl (C=O) groups excluding carboxylic acids is 1. The summed E-state index contributed by atoms with van der Waals surface area (Å²) in [7, 11) is 0. The zero-order chi connectivity index (χ0) is 16.9. The van der Waals surface area contributed by atoms with Crippen LogP contribution in [0.25, 0.3) is 22.0 Å². The summed E-state index contributed by atoms with van der Waals surface area (Å²) >= 11 is 0. The fraction of sp³-hybridized carbons (Fsp3) is 0.211. The minimum absolute atomic E-state index is 0.0862. The third kappa shape index (κ3) is 2.08. The Morgan fingerprint density at radius 2 is 1.88 bits per heavy atom. The predicted octanol–water partition coefficient (Wildman–Crippen LogP) is 4.30. The van der Waals surface area contributed by atoms with Gasteiger partial charge in [0.1, 0.15) is 11.6 Å². The Kier molecular flexibility index (Phi) is 3.28. The lowest BCUT2D eigenvalue weighted by molar-refractivity contribution is -0.0387. The van der Waals surface area contributed by atoms with Crippen LogP contribution in [0.3, 0.4) is 0 Å². The zero-order valence-electron chi connectivity index (χ0n) is 12.8. The predicted molar refractivity (Wildman–Crippen MR) is 86.8 cm³/mol. The first-order valence-electron chi connectivity index (χ1n) is 7.81. The van der Waals surface area contributed by atoms with Crippen molar-refractivity contribution in [1.82, 2.24) is 4.98 Å². The Morgan fingerprint density at radius 1 is 1.17 bits per heavy atom. The minimum Gasteiger partial charge on any atom is -0.385 e. The molecule has 0 radical (unpaired) electrons. The first kappa shape index (κ1) is 15.0. The fourth-order valence-corrected chi connectivity index (χ4v) is 3.35. The number of aliphatic hydroxyl groups is 1. The lowest BCUT2D eigenvalue weighted by atomic mass is 9.75. The molecule has 3 aromatic rings. The lowest BCUT2D eigenvalue weighted by Crippen LogP contribution is -2.33. The van der Waals surface area contributed by atoms with E-state index in [1.54, 1.807) is 24.3 Å². The molecule has 2 aromatic carbocycles. The smallest absolute Gasteiger partial charge is 0.152 e. The minimum atomic E-state index is -0.815. The number of H-pyrrole nitrogens is 1. The van der Waals surface area contributed by atoms with Crippen LogP contribution in [-0.4, -0.2) is 16.4 Å². The maximum Gasteiger partial charge on any atom is 0.152 e. The van der Waals surface area contributed by atoms with Gasteiger partial charge in [-0.1, -0.05) is 24.3 Å². The van der Waals surface area contributed by atoms with Gasteiger partial charge in [0.05, 0.1) is 16.7 Å². The van der Waals surface area contributed by atoms with Gasteiger partial charge in [-0.2, -0.15) is 0 Å². The molecule has 0 saturated heterocycles. The van der Waals surface area contributed by atoms with Crippen LogP contribution < -0.4 is 0 Å². The van der Waals surface area contributed by atoms with Crippen molar-refractivity contribution in [3.63, 3.8) is 0 Å². The Hall–Kier alpha value is -2.53. The molecule has 2 N–H and O–H groups in total. The number of carbonyl (C=O) groups is 1. The van der Waals surface area contributed by atoms with E-state index >= 15 is 0 Å². The van der Waals surface area contributed by atoms with Crippen LogP contribution in [-0.2, 0) is 5.60 Å². The Bertz CT molecular complexity index is 940. The van der Waals surface area contributed by atoms with Gasteiger partial charge in [0.15, 0.2) is 6.29 Å². The van der Waals surface area contributed by atoms with E-state index in [1.165, 1.54) is 12.3 Å². The second-order valence-corrected chi connectivity index (χ2v) is 6.29. The number of hydrogen-bond acceptors (Lipinski definition) is 2. The largest absolute Gasteiger partial charge is 0.385 e. The summed E-state index contributed by atoms with van der Waals surface area (Å²) in [4.78, 5) is 13.8. The standard InChI is InChI=1S/C19H15F2NO2/c20-14-8-15-17(12(10-23)9-22-15)18(21)16(14)11-2-4-13(5-3-11)19(24)6-1-7-19/h2-5,8-10,22,24H,1,6-7H2. The van der Waals surface area contributed by atoms with Crippen molar-refractivity contribution in [2.45, 2.75) is 24.9 Å². The van der Waals surface area contributed by atoms with Crippen LogP contribution in [0.5, 0.6) is 0 Å². The van der Waals surface area contributed by atoms with Gasteiger partial charge in [-0.15, -0.1) is 0 Å². The van der Waals surface area contributed by atoms with Crippen LogP contribution in [0.15, 0.2) is 36.5 Å². The maximum absolute atomic E-state index is 14.8. The van der Waals surface area contributed by atoms with Gasteiger partial charge in [-0.25, -0.2) is 8.78 Å². The first-order chi connectivity index (χ1) is 11.5. The number of rotatable bonds is 3. The summed E-state index contributed by atoms with van der Waals surface area (Å²) in [5.74, 6) is -1.46. The van der Waals surface area contributed by atoms with E-state index in [1.807, 2.05) is 0 Å². The monoisotopic (exact) mass is 327 g/mol. The summed E-state index contributed by atoms with van der Waals surface area (Å²) in [5.41, 5.74) is 0.550. The molecule has 5 heteroatoms. The van der Waals surface area contributed by atoms with Gasteiger partial charge in [0.2, 0.25) is 0 Å². The second kappa shape index (κ2) is 5.24. The van der Waals surface area contributed by atoms with Crippen LogP contribution in [0.2, 0.25) is 0 Å². The Morgan fingerprint density at radius 3 is 2.46 bits per heavy atom. The summed E-state index contributed by atoms with van der Waals surface area (Å²) in [6, 6.07) is 7.80. The highest BCUT2D eigenvalue weighted by Crippen LogP contribution is 2.42. The topological polar surface area (TPSA) is 53.1 Å². The SMILES string of the molecule is O=Cc1c[nH]c2cc(F)c(-c3ccc(C4(O)CCC4)cc3)c(F)c12. The molecule has 1 aliphatic carbocycles. The number of hydrogen-bond donors (Lipinski definition) is 2. The fourth-order valence-electron chi connectivity index (χ4n) is 3.35. The second-order valence-electron chi connectivity index (χ2n) is 6.29. The summed E-state index contributed by atoms with van der Waals surface area (Å²) in [6.45, 7) is 0. The van der Waals surface area contributed by atoms with Gasteiger partial charge in [0.25, 0.3) is 0 Å². The number of aromatic nitrogens is 1. The van der Waals surface area contributed by atoms with E-state index in [2.05, 4.69) is 4.98 Å². The molecule has 1 aliphatic rings. The molecule has 0 aliphatic heterocycles. The van der Waals surface area contributed by atoms with E-state index < -0.39 is 17.2 Å². The molecule has 1 heterocycles. The van der Waals surface area contributed by atoms with Gasteiger partial charge < -0.3 is 10.1 Å². The average molecular weight is 327 g/mol. The van der Waals surface area contributed by atoms with Gasteiger partial charge in [-0.05, 0) is 36.5 Å². The number of benzene rings is 2. The maximum atomic E-state index is 14.8. The third-order valence-electron chi connectivity index (χ3n) is 4.91. The quantitative estimate of drug-likeness (QED) is 0.705. The van der Waals surface area contributed by atoms with Crippen molar-refractivity contribution in [3.05, 3.63) is 59.3 Å². The van der Waals surface area contributed by atoms with Gasteiger partial charge in [-0.3, -0.25) is 4.79 Å². The Labute approximate surface area is 136 Å². The van der Waals surface area contributed by atoms with Crippen molar-refractivity contribution in [2.75, 3.05) is 0 Å². The summed E-state index contributed by atoms with van der Waals surface area (Å²) in [5, 5.41) is 10.4. The van der Waals surface area contributed by atoms with E-state index in [4.69, 9.17) is 0 Å². The number of aromatic amines is 1. The molecule has 0 amide bonds. The third-order valence-corrected chi connectivity index (χ3v) is 4.91. The molecular weight excluding hydrogens is 312 g/mol. The van der Waals surface area contributed by atoms with Crippen LogP contribution in [0, 0.1) is 11.6 Å².